The van der Waals surface area contributed by atoms with Crippen molar-refractivity contribution >= 4 is 49.8 Å². The van der Waals surface area contributed by atoms with Gasteiger partial charge in [-0.2, -0.15) is 0 Å². The minimum atomic E-state index is -1.08. The number of fused-ring (bicyclic) bond motifs is 1. The number of carbonyl (C=O) groups excluding carboxylic acids is 2. The number of aliphatic hydroxyl groups is 1. The van der Waals surface area contributed by atoms with Gasteiger partial charge < -0.3 is 5.11 Å². The molecule has 3 aromatic carbocycles. The zero-order chi connectivity index (χ0) is 24.0. The molecule has 1 aliphatic heterocycles. The summed E-state index contributed by atoms with van der Waals surface area (Å²) in [6, 6.07) is 18.7. The van der Waals surface area contributed by atoms with Crippen LogP contribution in [0.3, 0.4) is 0 Å². The number of nitro benzene ring substituents is 1. The molecule has 0 spiro atoms. The van der Waals surface area contributed by atoms with Gasteiger partial charge in [0.2, 0.25) is 0 Å². The van der Waals surface area contributed by atoms with Gasteiger partial charge in [0.25, 0.3) is 11.5 Å². The smallest absolute Gasteiger partial charge is 0.301 e. The zero-order valence-corrected chi connectivity index (χ0v) is 18.7. The second kappa shape index (κ2) is 8.20. The number of aryl methyl sites for hydroxylation is 1. The van der Waals surface area contributed by atoms with Crippen molar-refractivity contribution in [3.63, 3.8) is 0 Å². The number of carbonyl (C=O) groups is 2. The molecule has 1 amide bonds. The number of ketones is 1. The molecular formula is C25H17N3O5S. The van der Waals surface area contributed by atoms with Crippen molar-refractivity contribution in [3.05, 3.63) is 105 Å². The molecule has 1 unspecified atom stereocenters. The van der Waals surface area contributed by atoms with Crippen molar-refractivity contribution in [2.45, 2.75) is 13.0 Å². The first-order valence-electron chi connectivity index (χ1n) is 10.3. The average Bonchev–Trinajstić information content (AvgIpc) is 3.37. The van der Waals surface area contributed by atoms with Gasteiger partial charge in [0.05, 0.1) is 26.8 Å². The lowest BCUT2D eigenvalue weighted by Gasteiger charge is -2.22. The highest BCUT2D eigenvalue weighted by atomic mass is 32.1. The van der Waals surface area contributed by atoms with E-state index >= 15 is 0 Å². The molecule has 2 heterocycles. The Bertz CT molecular complexity index is 1510. The molecule has 0 radical (unpaired) electrons. The maximum absolute atomic E-state index is 13.3. The van der Waals surface area contributed by atoms with Crippen LogP contribution in [-0.4, -0.2) is 26.7 Å². The third-order valence-corrected chi connectivity index (χ3v) is 6.64. The number of aromatic nitrogens is 1. The summed E-state index contributed by atoms with van der Waals surface area (Å²) in [5.74, 6) is -2.09. The highest BCUT2D eigenvalue weighted by molar-refractivity contribution is 7.22. The van der Waals surface area contributed by atoms with Crippen LogP contribution in [0, 0.1) is 17.0 Å². The fourth-order valence-electron chi connectivity index (χ4n) is 4.03. The predicted molar refractivity (Wildman–Crippen MR) is 129 cm³/mol. The van der Waals surface area contributed by atoms with Gasteiger partial charge in [-0.25, -0.2) is 4.98 Å². The maximum atomic E-state index is 13.3. The molecule has 9 heteroatoms. The number of nitro groups is 1. The number of hydrogen-bond acceptors (Lipinski definition) is 7. The van der Waals surface area contributed by atoms with E-state index < -0.39 is 22.7 Å². The van der Waals surface area contributed by atoms with Gasteiger partial charge in [-0.05, 0) is 30.2 Å². The molecule has 4 aromatic rings. The summed E-state index contributed by atoms with van der Waals surface area (Å²) in [6.45, 7) is 1.94. The van der Waals surface area contributed by atoms with E-state index in [0.29, 0.717) is 16.6 Å². The van der Waals surface area contributed by atoms with E-state index in [-0.39, 0.29) is 22.2 Å². The molecule has 0 aliphatic carbocycles. The van der Waals surface area contributed by atoms with Crippen LogP contribution in [0.4, 0.5) is 10.8 Å². The van der Waals surface area contributed by atoms with Gasteiger partial charge in [-0.3, -0.25) is 24.6 Å². The molecule has 1 atom stereocenters. The molecule has 1 saturated heterocycles. The highest BCUT2D eigenvalue weighted by Crippen LogP contribution is 2.44. The standard InChI is InChI=1S/C25H17N3O5S/c1-14-10-11-18-19(12-14)34-25(26-18)27-21(16-8-5-9-17(13-16)28(32)33)20(23(30)24(27)31)22(29)15-6-3-2-4-7-15/h2-13,21,29H,1H3. The molecule has 5 rings (SSSR count). The number of benzene rings is 3. The molecule has 8 nitrogen and oxygen atoms in total. The monoisotopic (exact) mass is 471 g/mol. The lowest BCUT2D eigenvalue weighted by atomic mass is 9.95. The number of Topliss-reactive ketones (excluding diaryl/α,β-unsaturated/α-hetero) is 1. The summed E-state index contributed by atoms with van der Waals surface area (Å²) in [7, 11) is 0. The first kappa shape index (κ1) is 21.5. The van der Waals surface area contributed by atoms with Crippen LogP contribution in [0.2, 0.25) is 0 Å². The van der Waals surface area contributed by atoms with Gasteiger partial charge in [-0.15, -0.1) is 0 Å². The number of amides is 1. The van der Waals surface area contributed by atoms with Gasteiger partial charge in [0.15, 0.2) is 5.13 Å². The van der Waals surface area contributed by atoms with E-state index in [0.717, 1.165) is 10.3 Å². The minimum Gasteiger partial charge on any atom is -0.507 e. The largest absolute Gasteiger partial charge is 0.507 e. The van der Waals surface area contributed by atoms with Crippen molar-refractivity contribution in [2.75, 3.05) is 4.90 Å². The number of thiazole rings is 1. The van der Waals surface area contributed by atoms with Crippen LogP contribution in [0.1, 0.15) is 22.7 Å². The molecule has 0 saturated carbocycles. The predicted octanol–water partition coefficient (Wildman–Crippen LogP) is 5.14. The van der Waals surface area contributed by atoms with Crippen molar-refractivity contribution < 1.29 is 19.6 Å². The first-order chi connectivity index (χ1) is 16.3. The molecule has 1 N–H and O–H groups in total. The summed E-state index contributed by atoms with van der Waals surface area (Å²) in [5, 5.41) is 22.8. The summed E-state index contributed by atoms with van der Waals surface area (Å²) < 4.78 is 0.831. The van der Waals surface area contributed by atoms with Crippen LogP contribution in [0.5, 0.6) is 0 Å². The Morgan fingerprint density at radius 1 is 1.06 bits per heavy atom. The number of rotatable bonds is 4. The van der Waals surface area contributed by atoms with Gasteiger partial charge in [0.1, 0.15) is 5.76 Å². The number of aliphatic hydroxyl groups excluding tert-OH is 1. The van der Waals surface area contributed by atoms with Gasteiger partial charge in [-0.1, -0.05) is 59.9 Å². The quantitative estimate of drug-likeness (QED) is 0.145. The number of nitrogens with zero attached hydrogens (tertiary/aromatic N) is 3. The van der Waals surface area contributed by atoms with E-state index in [4.69, 9.17) is 0 Å². The topological polar surface area (TPSA) is 114 Å². The average molecular weight is 471 g/mol. The lowest BCUT2D eigenvalue weighted by Crippen LogP contribution is -2.29. The molecule has 1 fully saturated rings. The number of non-ortho nitro benzene ring substituents is 1. The summed E-state index contributed by atoms with van der Waals surface area (Å²) in [4.78, 5) is 43.1. The first-order valence-corrected chi connectivity index (χ1v) is 11.1. The SMILES string of the molecule is Cc1ccc2nc(N3C(=O)C(=O)C(=C(O)c4ccccc4)C3c3cccc([N+](=O)[O-])c3)sc2c1. The normalized spacial score (nSPS) is 17.4. The molecule has 1 aliphatic rings. The summed E-state index contributed by atoms with van der Waals surface area (Å²) >= 11 is 1.24. The van der Waals surface area contributed by atoms with Crippen molar-refractivity contribution in [2.24, 2.45) is 0 Å². The molecular weight excluding hydrogens is 454 g/mol. The van der Waals surface area contributed by atoms with Crippen LogP contribution in [0.25, 0.3) is 16.0 Å². The lowest BCUT2D eigenvalue weighted by molar-refractivity contribution is -0.384. The van der Waals surface area contributed by atoms with E-state index in [1.165, 1.54) is 34.4 Å². The third kappa shape index (κ3) is 3.52. The fourth-order valence-corrected chi connectivity index (χ4v) is 5.12. The maximum Gasteiger partial charge on any atom is 0.301 e. The summed E-state index contributed by atoms with van der Waals surface area (Å²) in [5.41, 5.74) is 2.02. The Hall–Kier alpha value is -4.37. The third-order valence-electron chi connectivity index (χ3n) is 5.63. The Morgan fingerprint density at radius 3 is 2.56 bits per heavy atom. The van der Waals surface area contributed by atoms with E-state index in [1.807, 2.05) is 25.1 Å². The van der Waals surface area contributed by atoms with Crippen LogP contribution >= 0.6 is 11.3 Å². The fraction of sp³-hybridized carbons (Fsp3) is 0.0800. The van der Waals surface area contributed by atoms with E-state index in [9.17, 15) is 24.8 Å². The second-order valence-electron chi connectivity index (χ2n) is 7.85. The minimum absolute atomic E-state index is 0.146. The van der Waals surface area contributed by atoms with Crippen LogP contribution in [0.15, 0.2) is 78.4 Å². The van der Waals surface area contributed by atoms with Crippen LogP contribution in [-0.2, 0) is 9.59 Å². The second-order valence-corrected chi connectivity index (χ2v) is 8.86. The van der Waals surface area contributed by atoms with Crippen molar-refractivity contribution in [1.82, 2.24) is 4.98 Å². The molecule has 0 bridgehead atoms. The Labute approximate surface area is 197 Å². The van der Waals surface area contributed by atoms with Crippen molar-refractivity contribution in [3.8, 4) is 0 Å². The Morgan fingerprint density at radius 2 is 1.82 bits per heavy atom. The molecule has 34 heavy (non-hydrogen) atoms. The van der Waals surface area contributed by atoms with E-state index in [1.54, 1.807) is 36.4 Å². The highest BCUT2D eigenvalue weighted by Gasteiger charge is 2.48. The Kier molecular flexibility index (Phi) is 5.18. The van der Waals surface area contributed by atoms with Crippen molar-refractivity contribution in [1.29, 1.82) is 0 Å². The van der Waals surface area contributed by atoms with Gasteiger partial charge in [0, 0.05) is 17.7 Å². The van der Waals surface area contributed by atoms with E-state index in [2.05, 4.69) is 4.98 Å². The molecule has 168 valence electrons. The summed E-state index contributed by atoms with van der Waals surface area (Å²) in [6.07, 6.45) is 0. The molecule has 1 aromatic heterocycles. The number of anilines is 1. The Balaban J connectivity index is 1.75. The number of hydrogen-bond donors (Lipinski definition) is 1. The zero-order valence-electron chi connectivity index (χ0n) is 17.8. The van der Waals surface area contributed by atoms with Gasteiger partial charge >= 0.3 is 5.91 Å². The van der Waals surface area contributed by atoms with Crippen LogP contribution < -0.4 is 4.90 Å².